The molecule has 0 bridgehead atoms. The van der Waals surface area contributed by atoms with E-state index in [0.717, 1.165) is 42.3 Å². The Morgan fingerprint density at radius 2 is 1.94 bits per heavy atom. The van der Waals surface area contributed by atoms with Gasteiger partial charge in [0.15, 0.2) is 0 Å². The first-order valence-corrected chi connectivity index (χ1v) is 11.8. The molecule has 1 fully saturated rings. The lowest BCUT2D eigenvalue weighted by Crippen LogP contribution is -2.43. The number of anilines is 3. The minimum atomic E-state index is -0.627. The highest BCUT2D eigenvalue weighted by Crippen LogP contribution is 2.29. The second-order valence-corrected chi connectivity index (χ2v) is 8.92. The van der Waals surface area contributed by atoms with Crippen molar-refractivity contribution in [2.45, 2.75) is 44.3 Å². The number of halogens is 1. The average Bonchev–Trinajstić information content (AvgIpc) is 3.26. The molecule has 0 spiro atoms. The lowest BCUT2D eigenvalue weighted by atomic mass is 9.91. The zero-order chi connectivity index (χ0) is 24.4. The predicted octanol–water partition coefficient (Wildman–Crippen LogP) is 4.14. The summed E-state index contributed by atoms with van der Waals surface area (Å²) in [5.74, 6) is -0.163. The highest BCUT2D eigenvalue weighted by atomic mass is 19.1. The van der Waals surface area contributed by atoms with Crippen LogP contribution in [0.4, 0.5) is 21.8 Å². The monoisotopic (exact) mass is 473 g/mol. The molecule has 1 saturated carbocycles. The van der Waals surface area contributed by atoms with Crippen LogP contribution in [-0.2, 0) is 6.54 Å². The van der Waals surface area contributed by atoms with Gasteiger partial charge >= 0.3 is 0 Å². The summed E-state index contributed by atoms with van der Waals surface area (Å²) in [6.07, 6.45) is 7.45. The fourth-order valence-electron chi connectivity index (χ4n) is 4.64. The molecule has 2 aromatic carbocycles. The van der Waals surface area contributed by atoms with Gasteiger partial charge in [0.05, 0.1) is 12.1 Å². The van der Waals surface area contributed by atoms with Gasteiger partial charge in [-0.15, -0.1) is 0 Å². The van der Waals surface area contributed by atoms with E-state index in [0.29, 0.717) is 23.9 Å². The Bertz CT molecular complexity index is 1370. The third-order valence-electron chi connectivity index (χ3n) is 6.55. The van der Waals surface area contributed by atoms with E-state index < -0.39 is 5.91 Å². The molecule has 1 aliphatic carbocycles. The molecule has 2 aromatic heterocycles. The van der Waals surface area contributed by atoms with Gasteiger partial charge in [0.2, 0.25) is 5.95 Å². The van der Waals surface area contributed by atoms with Gasteiger partial charge < -0.3 is 26.7 Å². The van der Waals surface area contributed by atoms with Crippen LogP contribution in [-0.4, -0.2) is 32.5 Å². The van der Waals surface area contributed by atoms with Gasteiger partial charge in [0, 0.05) is 41.1 Å². The molecule has 4 aromatic rings. The number of carbonyl (C=O) groups is 1. The van der Waals surface area contributed by atoms with Gasteiger partial charge in [-0.3, -0.25) is 4.79 Å². The highest BCUT2D eigenvalue weighted by Gasteiger charge is 2.23. The van der Waals surface area contributed by atoms with Crippen LogP contribution in [0.3, 0.4) is 0 Å². The Morgan fingerprint density at radius 1 is 1.11 bits per heavy atom. The van der Waals surface area contributed by atoms with Crippen LogP contribution in [0.1, 0.15) is 41.6 Å². The maximum absolute atomic E-state index is 14.2. The molecule has 180 valence electrons. The normalized spacial score (nSPS) is 17.9. The lowest BCUT2D eigenvalue weighted by molar-refractivity contribution is 0.100. The Kier molecular flexibility index (Phi) is 6.33. The van der Waals surface area contributed by atoms with Crippen molar-refractivity contribution in [3.8, 4) is 0 Å². The maximum atomic E-state index is 14.2. The van der Waals surface area contributed by atoms with Crippen molar-refractivity contribution < 1.29 is 9.18 Å². The first kappa shape index (κ1) is 22.8. The molecule has 0 aliphatic heterocycles. The molecule has 35 heavy (non-hydrogen) atoms. The molecule has 1 amide bonds. The predicted molar refractivity (Wildman–Crippen MR) is 135 cm³/mol. The zero-order valence-corrected chi connectivity index (χ0v) is 19.2. The zero-order valence-electron chi connectivity index (χ0n) is 19.2. The van der Waals surface area contributed by atoms with E-state index in [-0.39, 0.29) is 23.5 Å². The molecule has 2 atom stereocenters. The van der Waals surface area contributed by atoms with Crippen LogP contribution >= 0.6 is 0 Å². The highest BCUT2D eigenvalue weighted by molar-refractivity contribution is 6.00. The molecule has 6 N–H and O–H groups in total. The first-order chi connectivity index (χ1) is 17.0. The lowest BCUT2D eigenvalue weighted by Gasteiger charge is -2.29. The summed E-state index contributed by atoms with van der Waals surface area (Å²) >= 11 is 0. The number of rotatable bonds is 7. The number of carbonyl (C=O) groups excluding carboxylic acids is 1. The van der Waals surface area contributed by atoms with Gasteiger partial charge in [0.1, 0.15) is 17.2 Å². The van der Waals surface area contributed by atoms with Crippen molar-refractivity contribution in [1.82, 2.24) is 14.5 Å². The van der Waals surface area contributed by atoms with Crippen LogP contribution in [0.25, 0.3) is 10.9 Å². The van der Waals surface area contributed by atoms with Crippen molar-refractivity contribution >= 4 is 34.3 Å². The Hall–Kier alpha value is -3.98. The van der Waals surface area contributed by atoms with Gasteiger partial charge in [-0.2, -0.15) is 4.98 Å². The quantitative estimate of drug-likeness (QED) is 0.320. The van der Waals surface area contributed by atoms with E-state index in [4.69, 9.17) is 11.5 Å². The summed E-state index contributed by atoms with van der Waals surface area (Å²) < 4.78 is 16.2. The molecule has 0 radical (unpaired) electrons. The first-order valence-electron chi connectivity index (χ1n) is 11.8. The smallest absolute Gasteiger partial charge is 0.254 e. The van der Waals surface area contributed by atoms with E-state index in [1.807, 2.05) is 41.1 Å². The number of hydrogen-bond acceptors (Lipinski definition) is 6. The number of fused-ring (bicyclic) bond motifs is 1. The fraction of sp³-hybridized carbons (Fsp3) is 0.269. The van der Waals surface area contributed by atoms with Gasteiger partial charge in [0.25, 0.3) is 5.91 Å². The van der Waals surface area contributed by atoms with Gasteiger partial charge in [-0.25, -0.2) is 9.37 Å². The number of benzene rings is 2. The second kappa shape index (κ2) is 9.71. The number of nitrogens with zero attached hydrogens (tertiary/aromatic N) is 3. The maximum Gasteiger partial charge on any atom is 0.254 e. The molecule has 2 unspecified atom stereocenters. The third kappa shape index (κ3) is 4.81. The number of nitrogens with one attached hydrogen (secondary N) is 2. The van der Waals surface area contributed by atoms with Crippen LogP contribution in [0.15, 0.2) is 60.9 Å². The summed E-state index contributed by atoms with van der Waals surface area (Å²) in [5, 5.41) is 7.49. The van der Waals surface area contributed by atoms with Gasteiger partial charge in [-0.1, -0.05) is 37.1 Å². The molecular formula is C26H28FN7O. The van der Waals surface area contributed by atoms with E-state index in [9.17, 15) is 9.18 Å². The van der Waals surface area contributed by atoms with Crippen molar-refractivity contribution in [1.29, 1.82) is 0 Å². The minimum absolute atomic E-state index is 0.0301. The van der Waals surface area contributed by atoms with Crippen LogP contribution < -0.4 is 22.1 Å². The van der Waals surface area contributed by atoms with E-state index in [1.54, 1.807) is 12.1 Å². The van der Waals surface area contributed by atoms with Crippen LogP contribution in [0.5, 0.6) is 0 Å². The summed E-state index contributed by atoms with van der Waals surface area (Å²) in [7, 11) is 0. The number of primary amides is 1. The van der Waals surface area contributed by atoms with E-state index in [2.05, 4.69) is 20.6 Å². The standard InChI is InChI=1S/C26H28FN7O/c27-19-7-2-1-6-16(19)15-34-13-12-17-21(10-5-11-23(17)34)31-25-18(24(29)35)14-30-26(33-25)32-22-9-4-3-8-20(22)28/h1-2,5-7,10-14,20,22H,3-4,8-9,15,28H2,(H2,29,35)(H2,30,31,32,33). The van der Waals surface area contributed by atoms with Gasteiger partial charge in [-0.05, 0) is 37.1 Å². The van der Waals surface area contributed by atoms with E-state index >= 15 is 0 Å². The Balaban J connectivity index is 1.45. The van der Waals surface area contributed by atoms with Crippen molar-refractivity contribution in [3.63, 3.8) is 0 Å². The Morgan fingerprint density at radius 3 is 2.74 bits per heavy atom. The van der Waals surface area contributed by atoms with Crippen molar-refractivity contribution in [3.05, 3.63) is 77.9 Å². The molecule has 5 rings (SSSR count). The summed E-state index contributed by atoms with van der Waals surface area (Å²) in [4.78, 5) is 20.9. The van der Waals surface area contributed by atoms with E-state index in [1.165, 1.54) is 12.3 Å². The molecule has 9 heteroatoms. The molecule has 0 saturated heterocycles. The largest absolute Gasteiger partial charge is 0.365 e. The second-order valence-electron chi connectivity index (χ2n) is 8.92. The number of hydrogen-bond donors (Lipinski definition) is 4. The topological polar surface area (TPSA) is 124 Å². The number of nitrogens with two attached hydrogens (primary N) is 2. The number of aromatic nitrogens is 3. The average molecular weight is 474 g/mol. The summed E-state index contributed by atoms with van der Waals surface area (Å²) in [6, 6.07) is 14.5. The SMILES string of the molecule is NC(=O)c1cnc(NC2CCCCC2N)nc1Nc1cccc2c1ccn2Cc1ccccc1F. The van der Waals surface area contributed by atoms with Crippen LogP contribution in [0, 0.1) is 5.82 Å². The van der Waals surface area contributed by atoms with Crippen LogP contribution in [0.2, 0.25) is 0 Å². The summed E-state index contributed by atoms with van der Waals surface area (Å²) in [6.45, 7) is 0.398. The molecule has 8 nitrogen and oxygen atoms in total. The third-order valence-corrected chi connectivity index (χ3v) is 6.55. The molecular weight excluding hydrogens is 445 g/mol. The molecule has 2 heterocycles. The molecule has 1 aliphatic rings. The number of amides is 1. The van der Waals surface area contributed by atoms with Crippen molar-refractivity contribution in [2.24, 2.45) is 11.5 Å². The summed E-state index contributed by atoms with van der Waals surface area (Å²) in [5.41, 5.74) is 14.3. The Labute approximate surface area is 202 Å². The fourth-order valence-corrected chi connectivity index (χ4v) is 4.64. The van der Waals surface area contributed by atoms with Crippen molar-refractivity contribution in [2.75, 3.05) is 10.6 Å². The minimum Gasteiger partial charge on any atom is -0.365 e.